The molecule has 236 valence electrons. The van der Waals surface area contributed by atoms with Crippen molar-refractivity contribution in [3.8, 4) is 0 Å². The van der Waals surface area contributed by atoms with Gasteiger partial charge in [-0.3, -0.25) is 4.79 Å². The summed E-state index contributed by atoms with van der Waals surface area (Å²) in [5.41, 5.74) is 12.9. The first-order chi connectivity index (χ1) is 21.8. The largest absolute Gasteiger partial charge is 0.465 e. The smallest absolute Gasteiger partial charge is 0.337 e. The van der Waals surface area contributed by atoms with Gasteiger partial charge >= 0.3 is 5.97 Å². The fourth-order valence-electron chi connectivity index (χ4n) is 5.43. The lowest BCUT2D eigenvalue weighted by Crippen LogP contribution is -2.32. The van der Waals surface area contributed by atoms with Crippen LogP contribution in [-0.2, 0) is 34.7 Å². The van der Waals surface area contributed by atoms with E-state index >= 15 is 0 Å². The van der Waals surface area contributed by atoms with Crippen LogP contribution in [0.3, 0.4) is 0 Å². The molecule has 46 heavy (non-hydrogen) atoms. The number of guanidine groups is 1. The summed E-state index contributed by atoms with van der Waals surface area (Å²) in [6.45, 7) is 0. The van der Waals surface area contributed by atoms with Crippen molar-refractivity contribution in [3.05, 3.63) is 136 Å². The van der Waals surface area contributed by atoms with E-state index in [1.165, 1.54) is 37.8 Å². The lowest BCUT2D eigenvalue weighted by atomic mass is 9.87. The molecule has 0 saturated heterocycles. The zero-order valence-electron chi connectivity index (χ0n) is 24.7. The lowest BCUT2D eigenvalue weighted by molar-refractivity contribution is 0.0437. The molecule has 2 heterocycles. The normalized spacial score (nSPS) is 18.2. The van der Waals surface area contributed by atoms with Crippen molar-refractivity contribution in [1.29, 1.82) is 0 Å². The SMILES string of the molecule is COC(=O)c1ccc2c(c1)S(=O)(=O)C=C2c1ccccc1.COC1(c2ccccc2)CS(=O)(=O)c2cc(C(=O)N=C(N)N)ccc21. The third-order valence-corrected chi connectivity index (χ3v) is 10.9. The standard InChI is InChI=1S/C17H17N3O4S.C16H12O4S/c1-24-17(12-5-3-2-4-6-12)10-25(22,23)14-9-11(7-8-13(14)17)15(21)20-16(18)19;1-20-16(17)12-7-8-13-14(11-5-3-2-4-6-11)10-21(18,19)15(13)9-12/h2-9H,10H2,1H3,(H4,18,19,20,21);2-10H,1H3. The molecule has 1 amide bonds. The average molecular weight is 660 g/mol. The molecule has 11 nitrogen and oxygen atoms in total. The van der Waals surface area contributed by atoms with E-state index in [-0.39, 0.29) is 32.6 Å². The molecular formula is C33H29N3O8S2. The summed E-state index contributed by atoms with van der Waals surface area (Å²) in [7, 11) is -4.45. The maximum Gasteiger partial charge on any atom is 0.337 e. The van der Waals surface area contributed by atoms with Gasteiger partial charge in [-0.2, -0.15) is 4.99 Å². The van der Waals surface area contributed by atoms with Crippen LogP contribution in [0.1, 0.15) is 43.0 Å². The van der Waals surface area contributed by atoms with Gasteiger partial charge in [0.15, 0.2) is 15.8 Å². The molecule has 4 aromatic rings. The number of nitrogens with two attached hydrogens (primary N) is 2. The molecule has 0 radical (unpaired) electrons. The summed E-state index contributed by atoms with van der Waals surface area (Å²) >= 11 is 0. The number of carbonyl (C=O) groups excluding carboxylic acids is 2. The summed E-state index contributed by atoms with van der Waals surface area (Å²) in [6, 6.07) is 27.3. The van der Waals surface area contributed by atoms with Gasteiger partial charge in [-0.25, -0.2) is 21.6 Å². The maximum absolute atomic E-state index is 12.7. The van der Waals surface area contributed by atoms with E-state index < -0.39 is 37.2 Å². The van der Waals surface area contributed by atoms with Crippen LogP contribution in [0.25, 0.3) is 5.57 Å². The summed E-state index contributed by atoms with van der Waals surface area (Å²) in [5.74, 6) is -1.88. The molecule has 0 saturated carbocycles. The number of rotatable bonds is 5. The predicted molar refractivity (Wildman–Crippen MR) is 171 cm³/mol. The monoisotopic (exact) mass is 659 g/mol. The lowest BCUT2D eigenvalue weighted by Gasteiger charge is -2.28. The molecule has 0 bridgehead atoms. The minimum atomic E-state index is -3.65. The van der Waals surface area contributed by atoms with Gasteiger partial charge in [0.05, 0.1) is 28.2 Å². The van der Waals surface area contributed by atoms with Crippen LogP contribution in [0.15, 0.2) is 117 Å². The van der Waals surface area contributed by atoms with E-state index in [2.05, 4.69) is 9.73 Å². The molecule has 2 aliphatic heterocycles. The summed E-state index contributed by atoms with van der Waals surface area (Å²) < 4.78 is 60.3. The second kappa shape index (κ2) is 12.4. The van der Waals surface area contributed by atoms with Crippen molar-refractivity contribution >= 4 is 43.1 Å². The first-order valence-electron chi connectivity index (χ1n) is 13.7. The number of amides is 1. The highest BCUT2D eigenvalue weighted by molar-refractivity contribution is 7.95. The highest BCUT2D eigenvalue weighted by Gasteiger charge is 2.49. The number of hydrogen-bond donors (Lipinski definition) is 2. The Morgan fingerprint density at radius 1 is 0.783 bits per heavy atom. The summed E-state index contributed by atoms with van der Waals surface area (Å²) in [5, 5.41) is 1.24. The van der Waals surface area contributed by atoms with Crippen molar-refractivity contribution in [2.75, 3.05) is 20.0 Å². The Balaban J connectivity index is 0.000000184. The second-order valence-electron chi connectivity index (χ2n) is 10.4. The van der Waals surface area contributed by atoms with Crippen molar-refractivity contribution in [2.24, 2.45) is 16.5 Å². The van der Waals surface area contributed by atoms with Crippen LogP contribution < -0.4 is 11.5 Å². The zero-order chi connectivity index (χ0) is 33.3. The number of benzene rings is 4. The molecule has 6 rings (SSSR count). The molecule has 0 aliphatic carbocycles. The van der Waals surface area contributed by atoms with Crippen molar-refractivity contribution in [2.45, 2.75) is 15.4 Å². The summed E-state index contributed by atoms with van der Waals surface area (Å²) in [6.07, 6.45) is 0. The molecule has 2 aliphatic rings. The Morgan fingerprint density at radius 2 is 1.39 bits per heavy atom. The number of ether oxygens (including phenoxy) is 2. The number of hydrogen-bond acceptors (Lipinski definition) is 8. The molecule has 0 spiro atoms. The topological polar surface area (TPSA) is 185 Å². The quantitative estimate of drug-likeness (QED) is 0.183. The number of esters is 1. The van der Waals surface area contributed by atoms with Crippen molar-refractivity contribution < 1.29 is 35.9 Å². The van der Waals surface area contributed by atoms with E-state index in [1.54, 1.807) is 18.2 Å². The molecule has 4 N–H and O–H groups in total. The van der Waals surface area contributed by atoms with Gasteiger partial charge in [-0.1, -0.05) is 72.8 Å². The Morgan fingerprint density at radius 3 is 2.00 bits per heavy atom. The van der Waals surface area contributed by atoms with Gasteiger partial charge in [0, 0.05) is 34.8 Å². The molecule has 0 aromatic heterocycles. The minimum Gasteiger partial charge on any atom is -0.465 e. The number of nitrogens with zero attached hydrogens (tertiary/aromatic N) is 1. The highest BCUT2D eigenvalue weighted by atomic mass is 32.2. The third-order valence-electron chi connectivity index (χ3n) is 7.57. The fraction of sp³-hybridized carbons (Fsp3) is 0.121. The number of sulfone groups is 2. The molecule has 0 fully saturated rings. The number of aliphatic imine (C=N–C) groups is 1. The summed E-state index contributed by atoms with van der Waals surface area (Å²) in [4.78, 5) is 27.2. The Kier molecular flexibility index (Phi) is 8.67. The molecule has 1 unspecified atom stereocenters. The number of carbonyl (C=O) groups is 2. The van der Waals surface area contributed by atoms with Crippen LogP contribution in [0.2, 0.25) is 0 Å². The first-order valence-corrected chi connectivity index (χ1v) is 16.9. The molecule has 13 heteroatoms. The van der Waals surface area contributed by atoms with E-state index in [0.29, 0.717) is 16.7 Å². The van der Waals surface area contributed by atoms with Gasteiger partial charge in [0.2, 0.25) is 9.84 Å². The van der Waals surface area contributed by atoms with Crippen LogP contribution >= 0.6 is 0 Å². The van der Waals surface area contributed by atoms with Crippen molar-refractivity contribution in [3.63, 3.8) is 0 Å². The Hall–Kier alpha value is -5.11. The van der Waals surface area contributed by atoms with Crippen molar-refractivity contribution in [1.82, 2.24) is 0 Å². The van der Waals surface area contributed by atoms with E-state index in [0.717, 1.165) is 11.1 Å². The third kappa shape index (κ3) is 5.95. The Labute approximate surface area is 266 Å². The van der Waals surface area contributed by atoms with Gasteiger partial charge < -0.3 is 20.9 Å². The zero-order valence-corrected chi connectivity index (χ0v) is 26.3. The average Bonchev–Trinajstić information content (AvgIpc) is 3.47. The minimum absolute atomic E-state index is 0.0508. The van der Waals surface area contributed by atoms with Gasteiger partial charge in [0.1, 0.15) is 5.60 Å². The van der Waals surface area contributed by atoms with Gasteiger partial charge in [-0.05, 0) is 35.4 Å². The van der Waals surface area contributed by atoms with E-state index in [4.69, 9.17) is 16.2 Å². The fourth-order valence-corrected chi connectivity index (χ4v) is 8.91. The first kappa shape index (κ1) is 32.3. The predicted octanol–water partition coefficient (Wildman–Crippen LogP) is 3.43. The maximum atomic E-state index is 12.7. The van der Waals surface area contributed by atoms with Crippen LogP contribution in [0.5, 0.6) is 0 Å². The number of fused-ring (bicyclic) bond motifs is 2. The second-order valence-corrected chi connectivity index (χ2v) is 14.1. The highest BCUT2D eigenvalue weighted by Crippen LogP contribution is 2.45. The number of methoxy groups -OCH3 is 2. The van der Waals surface area contributed by atoms with Crippen LogP contribution in [0.4, 0.5) is 0 Å². The van der Waals surface area contributed by atoms with Crippen LogP contribution in [0, 0.1) is 0 Å². The molecule has 1 atom stereocenters. The van der Waals surface area contributed by atoms with E-state index in [9.17, 15) is 26.4 Å². The van der Waals surface area contributed by atoms with E-state index in [1.807, 2.05) is 60.7 Å². The molecular weight excluding hydrogens is 631 g/mol. The van der Waals surface area contributed by atoms with Crippen LogP contribution in [-0.4, -0.2) is 54.6 Å². The Bertz CT molecular complexity index is 2130. The molecule has 4 aromatic carbocycles. The van der Waals surface area contributed by atoms with Gasteiger partial charge in [0.25, 0.3) is 5.91 Å². The van der Waals surface area contributed by atoms with Gasteiger partial charge in [-0.15, -0.1) is 0 Å².